The Morgan fingerprint density at radius 1 is 1.38 bits per heavy atom. The van der Waals surface area contributed by atoms with Gasteiger partial charge in [0.1, 0.15) is 0 Å². The maximum atomic E-state index is 12.5. The molecule has 0 aliphatic carbocycles. The molecule has 1 aromatic heterocycles. The molecule has 1 aliphatic heterocycles. The number of carbonyl (C=O) groups excluding carboxylic acids is 1. The maximum Gasteiger partial charge on any atom is 0.317 e. The van der Waals surface area contributed by atoms with Gasteiger partial charge in [-0.2, -0.15) is 0 Å². The van der Waals surface area contributed by atoms with Crippen LogP contribution in [-0.4, -0.2) is 24.0 Å². The van der Waals surface area contributed by atoms with Crippen LogP contribution >= 0.6 is 11.3 Å². The van der Waals surface area contributed by atoms with E-state index in [4.69, 9.17) is 0 Å². The van der Waals surface area contributed by atoms with Gasteiger partial charge >= 0.3 is 6.03 Å². The highest BCUT2D eigenvalue weighted by molar-refractivity contribution is 7.12. The molecule has 0 bridgehead atoms. The van der Waals surface area contributed by atoms with E-state index in [-0.39, 0.29) is 12.1 Å². The molecular formula is C17H28N2OS. The molecule has 2 amide bonds. The molecule has 1 N–H and O–H groups in total. The topological polar surface area (TPSA) is 32.3 Å². The van der Waals surface area contributed by atoms with Crippen molar-refractivity contribution >= 4 is 17.4 Å². The molecule has 0 unspecified atom stereocenters. The first-order valence-electron chi connectivity index (χ1n) is 8.18. The molecule has 0 aromatic carbocycles. The Morgan fingerprint density at radius 2 is 2.19 bits per heavy atom. The van der Waals surface area contributed by atoms with Gasteiger partial charge in [-0.3, -0.25) is 0 Å². The van der Waals surface area contributed by atoms with Crippen molar-refractivity contribution in [2.45, 2.75) is 58.9 Å². The average Bonchev–Trinajstić information content (AvgIpc) is 2.72. The second kappa shape index (κ2) is 7.83. The molecule has 0 radical (unpaired) electrons. The molecule has 1 atom stereocenters. The molecular weight excluding hydrogens is 280 g/mol. The van der Waals surface area contributed by atoms with Crippen LogP contribution in [0, 0.1) is 12.8 Å². The molecule has 0 saturated carbocycles. The Hall–Kier alpha value is -1.03. The fourth-order valence-corrected chi connectivity index (χ4v) is 3.87. The zero-order valence-corrected chi connectivity index (χ0v) is 14.3. The van der Waals surface area contributed by atoms with Crippen molar-refractivity contribution in [1.82, 2.24) is 10.2 Å². The highest BCUT2D eigenvalue weighted by Crippen LogP contribution is 2.34. The quantitative estimate of drug-likeness (QED) is 0.857. The van der Waals surface area contributed by atoms with Gasteiger partial charge in [0.05, 0.1) is 6.04 Å². The largest absolute Gasteiger partial charge is 0.338 e. The summed E-state index contributed by atoms with van der Waals surface area (Å²) in [6.07, 6.45) is 5.71. The summed E-state index contributed by atoms with van der Waals surface area (Å²) in [7, 11) is 0. The second-order valence-electron chi connectivity index (χ2n) is 6.42. The normalized spacial score (nSPS) is 19.6. The number of likely N-dealkylation sites (tertiary alicyclic amines) is 1. The SMILES string of the molecule is Cc1ccc([C@@H]2CCCCCN2C(=O)NCCC(C)C)s1. The zero-order valence-electron chi connectivity index (χ0n) is 13.5. The highest BCUT2D eigenvalue weighted by Gasteiger charge is 2.27. The van der Waals surface area contributed by atoms with Crippen LogP contribution in [0.1, 0.15) is 61.7 Å². The predicted molar refractivity (Wildman–Crippen MR) is 89.8 cm³/mol. The summed E-state index contributed by atoms with van der Waals surface area (Å²) in [5.74, 6) is 0.630. The summed E-state index contributed by atoms with van der Waals surface area (Å²) in [4.78, 5) is 17.3. The maximum absolute atomic E-state index is 12.5. The van der Waals surface area contributed by atoms with Gasteiger partial charge in [0.2, 0.25) is 0 Å². The fourth-order valence-electron chi connectivity index (χ4n) is 2.85. The minimum atomic E-state index is 0.119. The van der Waals surface area contributed by atoms with Gasteiger partial charge in [0, 0.05) is 22.8 Å². The van der Waals surface area contributed by atoms with Crippen molar-refractivity contribution in [3.63, 3.8) is 0 Å². The van der Waals surface area contributed by atoms with Gasteiger partial charge in [-0.05, 0) is 44.2 Å². The molecule has 0 spiro atoms. The fraction of sp³-hybridized carbons (Fsp3) is 0.706. The standard InChI is InChI=1S/C17H28N2OS/c1-13(2)10-11-18-17(20)19-12-6-4-5-7-15(19)16-9-8-14(3)21-16/h8-9,13,15H,4-7,10-12H2,1-3H3,(H,18,20)/t15-/m0/s1. The summed E-state index contributed by atoms with van der Waals surface area (Å²) in [5, 5.41) is 3.11. The zero-order chi connectivity index (χ0) is 15.2. The van der Waals surface area contributed by atoms with Crippen molar-refractivity contribution in [3.05, 3.63) is 21.9 Å². The van der Waals surface area contributed by atoms with Crippen molar-refractivity contribution in [2.24, 2.45) is 5.92 Å². The Labute approximate surface area is 132 Å². The summed E-state index contributed by atoms with van der Waals surface area (Å²) in [5.41, 5.74) is 0. The van der Waals surface area contributed by atoms with Crippen LogP contribution in [0.3, 0.4) is 0 Å². The molecule has 2 rings (SSSR count). The number of nitrogens with one attached hydrogen (secondary N) is 1. The summed E-state index contributed by atoms with van der Waals surface area (Å²) in [6, 6.07) is 4.75. The van der Waals surface area contributed by atoms with Gasteiger partial charge in [-0.1, -0.05) is 26.7 Å². The minimum absolute atomic E-state index is 0.119. The average molecular weight is 308 g/mol. The van der Waals surface area contributed by atoms with Gasteiger partial charge < -0.3 is 10.2 Å². The van der Waals surface area contributed by atoms with Crippen molar-refractivity contribution in [1.29, 1.82) is 0 Å². The lowest BCUT2D eigenvalue weighted by atomic mass is 10.1. The van der Waals surface area contributed by atoms with Crippen LogP contribution in [0.2, 0.25) is 0 Å². The lowest BCUT2D eigenvalue weighted by Gasteiger charge is -2.29. The van der Waals surface area contributed by atoms with E-state index in [1.165, 1.54) is 22.6 Å². The van der Waals surface area contributed by atoms with Crippen LogP contribution in [0.25, 0.3) is 0 Å². The third-order valence-corrected chi connectivity index (χ3v) is 5.20. The van der Waals surface area contributed by atoms with Crippen LogP contribution in [-0.2, 0) is 0 Å². The molecule has 21 heavy (non-hydrogen) atoms. The van der Waals surface area contributed by atoms with Gasteiger partial charge in [0.15, 0.2) is 0 Å². The molecule has 118 valence electrons. The third-order valence-electron chi connectivity index (χ3n) is 4.10. The van der Waals surface area contributed by atoms with E-state index >= 15 is 0 Å². The van der Waals surface area contributed by atoms with E-state index in [1.807, 2.05) is 11.3 Å². The number of hydrogen-bond donors (Lipinski definition) is 1. The first kappa shape index (κ1) is 16.3. The Bertz CT molecular complexity index is 455. The van der Waals surface area contributed by atoms with E-state index in [1.54, 1.807) is 0 Å². The highest BCUT2D eigenvalue weighted by atomic mass is 32.1. The number of carbonyl (C=O) groups is 1. The molecule has 1 fully saturated rings. The summed E-state index contributed by atoms with van der Waals surface area (Å²) < 4.78 is 0. The van der Waals surface area contributed by atoms with Crippen molar-refractivity contribution in [2.75, 3.05) is 13.1 Å². The van der Waals surface area contributed by atoms with Crippen LogP contribution in [0.15, 0.2) is 12.1 Å². The number of nitrogens with zero attached hydrogens (tertiary/aromatic N) is 1. The number of rotatable bonds is 4. The van der Waals surface area contributed by atoms with E-state index in [0.717, 1.165) is 32.4 Å². The Kier molecular flexibility index (Phi) is 6.09. The number of aryl methyl sites for hydroxylation is 1. The van der Waals surface area contributed by atoms with E-state index in [9.17, 15) is 4.79 Å². The third kappa shape index (κ3) is 4.73. The monoisotopic (exact) mass is 308 g/mol. The Balaban J connectivity index is 2.03. The Morgan fingerprint density at radius 3 is 2.86 bits per heavy atom. The van der Waals surface area contributed by atoms with E-state index < -0.39 is 0 Å². The number of thiophene rings is 1. The molecule has 4 heteroatoms. The predicted octanol–water partition coefficient (Wildman–Crippen LogP) is 4.73. The van der Waals surface area contributed by atoms with E-state index in [0.29, 0.717) is 5.92 Å². The molecule has 1 aliphatic rings. The second-order valence-corrected chi connectivity index (χ2v) is 7.74. The van der Waals surface area contributed by atoms with Crippen LogP contribution < -0.4 is 5.32 Å². The van der Waals surface area contributed by atoms with Crippen molar-refractivity contribution in [3.8, 4) is 0 Å². The molecule has 2 heterocycles. The molecule has 1 aromatic rings. The van der Waals surface area contributed by atoms with Crippen molar-refractivity contribution < 1.29 is 4.79 Å². The number of hydrogen-bond acceptors (Lipinski definition) is 2. The number of amides is 2. The van der Waals surface area contributed by atoms with Crippen LogP contribution in [0.5, 0.6) is 0 Å². The summed E-state index contributed by atoms with van der Waals surface area (Å²) >= 11 is 1.83. The van der Waals surface area contributed by atoms with Gasteiger partial charge in [-0.15, -0.1) is 11.3 Å². The molecule has 3 nitrogen and oxygen atoms in total. The van der Waals surface area contributed by atoms with Gasteiger partial charge in [0.25, 0.3) is 0 Å². The van der Waals surface area contributed by atoms with Gasteiger partial charge in [-0.25, -0.2) is 4.79 Å². The first-order chi connectivity index (χ1) is 10.1. The van der Waals surface area contributed by atoms with Crippen LogP contribution in [0.4, 0.5) is 4.79 Å². The number of urea groups is 1. The summed E-state index contributed by atoms with van der Waals surface area (Å²) in [6.45, 7) is 8.18. The minimum Gasteiger partial charge on any atom is -0.338 e. The van der Waals surface area contributed by atoms with E-state index in [2.05, 4.69) is 43.1 Å². The lowest BCUT2D eigenvalue weighted by molar-refractivity contribution is 0.176. The lowest BCUT2D eigenvalue weighted by Crippen LogP contribution is -2.42. The molecule has 1 saturated heterocycles. The first-order valence-corrected chi connectivity index (χ1v) is 9.00. The smallest absolute Gasteiger partial charge is 0.317 e.